The zero-order chi connectivity index (χ0) is 26.3. The van der Waals surface area contributed by atoms with Crippen molar-refractivity contribution in [1.29, 1.82) is 0 Å². The van der Waals surface area contributed by atoms with Crippen LogP contribution in [0.5, 0.6) is 0 Å². The van der Waals surface area contributed by atoms with Crippen LogP contribution in [0.2, 0.25) is 0 Å². The van der Waals surface area contributed by atoms with E-state index in [1.807, 2.05) is 59.5 Å². The lowest BCUT2D eigenvalue weighted by Gasteiger charge is -2.16. The van der Waals surface area contributed by atoms with Gasteiger partial charge in [-0.25, -0.2) is 9.78 Å². The molecule has 1 aliphatic heterocycles. The van der Waals surface area contributed by atoms with E-state index in [0.717, 1.165) is 52.6 Å². The molecule has 3 amide bonds. The van der Waals surface area contributed by atoms with Crippen LogP contribution >= 0.6 is 27.3 Å². The van der Waals surface area contributed by atoms with E-state index in [-0.39, 0.29) is 11.9 Å². The Balaban J connectivity index is 1.10. The first-order chi connectivity index (χ1) is 18.5. The van der Waals surface area contributed by atoms with Crippen molar-refractivity contribution in [3.8, 4) is 0 Å². The monoisotopic (exact) mass is 593 g/mol. The van der Waals surface area contributed by atoms with E-state index >= 15 is 0 Å². The van der Waals surface area contributed by atoms with E-state index in [4.69, 9.17) is 0 Å². The number of hydrogen-bond acceptors (Lipinski definition) is 7. The van der Waals surface area contributed by atoms with Gasteiger partial charge in [0.15, 0.2) is 0 Å². The summed E-state index contributed by atoms with van der Waals surface area (Å²) in [5.41, 5.74) is 1.47. The van der Waals surface area contributed by atoms with Crippen LogP contribution in [0.15, 0.2) is 65.3 Å². The molecular formula is C27H28BrN7O2S. The molecule has 1 fully saturated rings. The van der Waals surface area contributed by atoms with E-state index < -0.39 is 0 Å². The third kappa shape index (κ3) is 6.59. The van der Waals surface area contributed by atoms with E-state index in [0.29, 0.717) is 35.4 Å². The van der Waals surface area contributed by atoms with Crippen molar-refractivity contribution in [3.05, 3.63) is 70.1 Å². The highest BCUT2D eigenvalue weighted by molar-refractivity contribution is 9.10. The Labute approximate surface area is 233 Å². The number of halogens is 1. The van der Waals surface area contributed by atoms with Gasteiger partial charge in [0, 0.05) is 48.5 Å². The van der Waals surface area contributed by atoms with Crippen molar-refractivity contribution in [1.82, 2.24) is 20.2 Å². The summed E-state index contributed by atoms with van der Waals surface area (Å²) < 4.78 is 1.85. The minimum Gasteiger partial charge on any atom is -0.369 e. The largest absolute Gasteiger partial charge is 0.369 e. The summed E-state index contributed by atoms with van der Waals surface area (Å²) in [5.74, 6) is 1.02. The summed E-state index contributed by atoms with van der Waals surface area (Å²) in [7, 11) is 0. The van der Waals surface area contributed by atoms with Crippen LogP contribution < -0.4 is 21.3 Å². The maximum atomic E-state index is 12.5. The molecule has 9 nitrogen and oxygen atoms in total. The van der Waals surface area contributed by atoms with Crippen LogP contribution in [0.3, 0.4) is 0 Å². The van der Waals surface area contributed by atoms with Gasteiger partial charge in [0.05, 0.1) is 9.35 Å². The van der Waals surface area contributed by atoms with E-state index in [1.54, 1.807) is 6.20 Å². The molecule has 0 spiro atoms. The third-order valence-electron chi connectivity index (χ3n) is 6.09. The Morgan fingerprint density at radius 3 is 2.66 bits per heavy atom. The van der Waals surface area contributed by atoms with Crippen molar-refractivity contribution in [2.75, 3.05) is 42.1 Å². The number of benzene rings is 2. The van der Waals surface area contributed by atoms with Crippen LogP contribution in [0.1, 0.15) is 28.9 Å². The summed E-state index contributed by atoms with van der Waals surface area (Å²) in [6.45, 7) is 2.76. The Morgan fingerprint density at radius 2 is 1.82 bits per heavy atom. The zero-order valence-corrected chi connectivity index (χ0v) is 23.1. The number of amides is 3. The van der Waals surface area contributed by atoms with Crippen LogP contribution in [-0.2, 0) is 0 Å². The molecule has 2 aromatic heterocycles. The maximum Gasteiger partial charge on any atom is 0.321 e. The molecule has 1 aliphatic rings. The molecule has 1 saturated heterocycles. The predicted molar refractivity (Wildman–Crippen MR) is 157 cm³/mol. The first kappa shape index (κ1) is 25.9. The van der Waals surface area contributed by atoms with Gasteiger partial charge in [-0.05, 0) is 70.9 Å². The zero-order valence-electron chi connectivity index (χ0n) is 20.7. The number of carbonyl (C=O) groups is 2. The lowest BCUT2D eigenvalue weighted by Crippen LogP contribution is -2.32. The molecule has 0 saturated carbocycles. The van der Waals surface area contributed by atoms with Gasteiger partial charge in [-0.1, -0.05) is 24.3 Å². The summed E-state index contributed by atoms with van der Waals surface area (Å²) >= 11 is 4.99. The number of nitrogens with one attached hydrogen (secondary N) is 4. The summed E-state index contributed by atoms with van der Waals surface area (Å²) in [6.07, 6.45) is 4.51. The lowest BCUT2D eigenvalue weighted by atomic mass is 10.2. The highest BCUT2D eigenvalue weighted by Crippen LogP contribution is 2.25. The normalized spacial score (nSPS) is 12.9. The Kier molecular flexibility index (Phi) is 8.34. The van der Waals surface area contributed by atoms with Crippen molar-refractivity contribution >= 4 is 72.4 Å². The second kappa shape index (κ2) is 12.2. The van der Waals surface area contributed by atoms with Gasteiger partial charge in [-0.3, -0.25) is 4.79 Å². The molecule has 38 heavy (non-hydrogen) atoms. The van der Waals surface area contributed by atoms with Crippen LogP contribution in [0.4, 0.5) is 27.9 Å². The average molecular weight is 595 g/mol. The van der Waals surface area contributed by atoms with Crippen molar-refractivity contribution in [3.63, 3.8) is 0 Å². The van der Waals surface area contributed by atoms with E-state index in [2.05, 4.69) is 47.2 Å². The Bertz CT molecular complexity index is 1400. The molecule has 0 radical (unpaired) electrons. The number of hydrogen-bond donors (Lipinski definition) is 4. The van der Waals surface area contributed by atoms with Crippen molar-refractivity contribution in [2.45, 2.75) is 19.3 Å². The molecule has 3 heterocycles. The fourth-order valence-electron chi connectivity index (χ4n) is 4.16. The fourth-order valence-corrected chi connectivity index (χ4v) is 5.47. The molecule has 2 aromatic carbocycles. The first-order valence-corrected chi connectivity index (χ1v) is 14.1. The molecule has 4 N–H and O–H groups in total. The molecule has 0 unspecified atom stereocenters. The van der Waals surface area contributed by atoms with Gasteiger partial charge in [0.2, 0.25) is 5.95 Å². The summed E-state index contributed by atoms with van der Waals surface area (Å²) in [6, 6.07) is 17.3. The standard InChI is InChI=1S/C27H28BrN7O2S/c28-21-17-31-26(32-19-8-5-9-20(16-19)33-27(37)35-13-3-4-14-35)34-24(21)29-11-6-12-30-25(36)23-15-18-7-1-2-10-22(18)38-23/h1-2,5,7-10,15-17H,3-4,6,11-14H2,(H,30,36)(H,33,37)(H2,29,31,32,34). The smallest absolute Gasteiger partial charge is 0.321 e. The van der Waals surface area contributed by atoms with Gasteiger partial charge in [0.25, 0.3) is 5.91 Å². The molecule has 11 heteroatoms. The first-order valence-electron chi connectivity index (χ1n) is 12.5. The number of urea groups is 1. The number of thiophene rings is 1. The Hall–Kier alpha value is -3.70. The highest BCUT2D eigenvalue weighted by Gasteiger charge is 2.18. The molecular weight excluding hydrogens is 566 g/mol. The highest BCUT2D eigenvalue weighted by atomic mass is 79.9. The number of anilines is 4. The molecule has 5 rings (SSSR count). The average Bonchev–Trinajstić information content (AvgIpc) is 3.61. The number of fused-ring (bicyclic) bond motifs is 1. The van der Waals surface area contributed by atoms with Gasteiger partial charge < -0.3 is 26.2 Å². The SMILES string of the molecule is O=C(NCCCNc1nc(Nc2cccc(NC(=O)N3CCCC3)c2)ncc1Br)c1cc2ccccc2s1. The topological polar surface area (TPSA) is 111 Å². The number of rotatable bonds is 9. The van der Waals surface area contributed by atoms with E-state index in [9.17, 15) is 9.59 Å². The third-order valence-corrected chi connectivity index (χ3v) is 7.78. The van der Waals surface area contributed by atoms with Gasteiger partial charge in [-0.2, -0.15) is 4.98 Å². The minimum absolute atomic E-state index is 0.0558. The summed E-state index contributed by atoms with van der Waals surface area (Å²) in [4.78, 5) is 36.3. The quantitative estimate of drug-likeness (QED) is 0.176. The van der Waals surface area contributed by atoms with Crippen LogP contribution in [0.25, 0.3) is 10.1 Å². The van der Waals surface area contributed by atoms with E-state index in [1.165, 1.54) is 11.3 Å². The summed E-state index contributed by atoms with van der Waals surface area (Å²) in [5, 5.41) is 13.5. The van der Waals surface area contributed by atoms with Crippen molar-refractivity contribution in [2.24, 2.45) is 0 Å². The maximum absolute atomic E-state index is 12.5. The van der Waals surface area contributed by atoms with Crippen LogP contribution in [0, 0.1) is 0 Å². The fraction of sp³-hybridized carbons (Fsp3) is 0.259. The van der Waals surface area contributed by atoms with Crippen molar-refractivity contribution < 1.29 is 9.59 Å². The number of carbonyl (C=O) groups excluding carboxylic acids is 2. The predicted octanol–water partition coefficient (Wildman–Crippen LogP) is 6.06. The molecule has 0 bridgehead atoms. The van der Waals surface area contributed by atoms with Gasteiger partial charge in [0.1, 0.15) is 5.82 Å². The van der Waals surface area contributed by atoms with Gasteiger partial charge >= 0.3 is 6.03 Å². The van der Waals surface area contributed by atoms with Gasteiger partial charge in [-0.15, -0.1) is 11.3 Å². The second-order valence-corrected chi connectivity index (χ2v) is 10.8. The molecule has 0 aliphatic carbocycles. The second-order valence-electron chi connectivity index (χ2n) is 8.90. The number of aromatic nitrogens is 2. The molecule has 4 aromatic rings. The minimum atomic E-state index is -0.0777. The number of likely N-dealkylation sites (tertiary alicyclic amines) is 1. The Morgan fingerprint density at radius 1 is 1.00 bits per heavy atom. The molecule has 0 atom stereocenters. The van der Waals surface area contributed by atoms with Crippen LogP contribution in [-0.4, -0.2) is 53.0 Å². The lowest BCUT2D eigenvalue weighted by molar-refractivity contribution is 0.0957. The number of nitrogens with zero attached hydrogens (tertiary/aromatic N) is 3. The molecule has 196 valence electrons.